The molecular formula is C25H18Cl2N2O4. The quantitative estimate of drug-likeness (QED) is 0.383. The van der Waals surface area contributed by atoms with Gasteiger partial charge in [0.2, 0.25) is 0 Å². The average Bonchev–Trinajstić information content (AvgIpc) is 2.79. The maximum Gasteiger partial charge on any atom is 0.335 e. The van der Waals surface area contributed by atoms with E-state index < -0.39 is 17.8 Å². The summed E-state index contributed by atoms with van der Waals surface area (Å²) in [6, 6.07) is 18.4. The Hall–Kier alpha value is -3.61. The van der Waals surface area contributed by atoms with E-state index in [4.69, 9.17) is 27.9 Å². The van der Waals surface area contributed by atoms with E-state index >= 15 is 0 Å². The van der Waals surface area contributed by atoms with Crippen molar-refractivity contribution in [3.05, 3.63) is 99.0 Å². The van der Waals surface area contributed by atoms with Gasteiger partial charge in [0.05, 0.1) is 15.7 Å². The van der Waals surface area contributed by atoms with Gasteiger partial charge in [-0.3, -0.25) is 14.9 Å². The van der Waals surface area contributed by atoms with Crippen molar-refractivity contribution in [2.24, 2.45) is 0 Å². The number of carbonyl (C=O) groups excluding carboxylic acids is 3. The number of urea groups is 1. The molecule has 0 bridgehead atoms. The number of nitrogens with one attached hydrogen (secondary N) is 1. The number of nitrogens with zero attached hydrogens (tertiary/aromatic N) is 1. The first-order chi connectivity index (χ1) is 15.8. The van der Waals surface area contributed by atoms with Gasteiger partial charge in [0.25, 0.3) is 11.8 Å². The second-order valence-corrected chi connectivity index (χ2v) is 8.22. The van der Waals surface area contributed by atoms with Crippen molar-refractivity contribution >= 4 is 52.8 Å². The number of halogens is 2. The maximum absolute atomic E-state index is 13.0. The van der Waals surface area contributed by atoms with Gasteiger partial charge in [-0.25, -0.2) is 9.69 Å². The van der Waals surface area contributed by atoms with Crippen LogP contribution < -0.4 is 15.0 Å². The van der Waals surface area contributed by atoms with E-state index in [2.05, 4.69) is 5.32 Å². The highest BCUT2D eigenvalue weighted by Gasteiger charge is 2.37. The number of hydrogen-bond acceptors (Lipinski definition) is 4. The number of carbonyl (C=O) groups is 3. The highest BCUT2D eigenvalue weighted by atomic mass is 35.5. The van der Waals surface area contributed by atoms with E-state index in [1.807, 2.05) is 31.2 Å². The summed E-state index contributed by atoms with van der Waals surface area (Å²) in [5.41, 5.74) is 2.74. The number of amides is 4. The van der Waals surface area contributed by atoms with Crippen LogP contribution >= 0.6 is 23.2 Å². The standard InChI is InChI=1S/C25H18Cl2N2O4/c1-15-5-7-16(8-6-15)14-33-19-4-2-3-17(11-19)12-20-23(30)28-25(32)29(24(20)31)18-9-10-21(26)22(27)13-18/h2-13H,14H2,1H3,(H,28,30,32)/b20-12-. The molecule has 0 unspecified atom stereocenters. The number of aryl methyl sites for hydroxylation is 1. The number of anilines is 1. The van der Waals surface area contributed by atoms with Crippen LogP contribution in [-0.2, 0) is 16.2 Å². The third-order valence-electron chi connectivity index (χ3n) is 4.96. The highest BCUT2D eigenvalue weighted by Crippen LogP contribution is 2.29. The molecule has 1 aliphatic rings. The van der Waals surface area contributed by atoms with Crippen LogP contribution in [-0.4, -0.2) is 17.8 Å². The minimum Gasteiger partial charge on any atom is -0.489 e. The molecule has 4 amide bonds. The molecule has 1 fully saturated rings. The number of rotatable bonds is 5. The van der Waals surface area contributed by atoms with E-state index in [0.717, 1.165) is 16.0 Å². The predicted molar refractivity (Wildman–Crippen MR) is 127 cm³/mol. The van der Waals surface area contributed by atoms with Gasteiger partial charge < -0.3 is 4.74 Å². The molecule has 0 spiro atoms. The fourth-order valence-corrected chi connectivity index (χ4v) is 3.52. The molecule has 0 aromatic heterocycles. The van der Waals surface area contributed by atoms with Crippen molar-refractivity contribution in [2.75, 3.05) is 4.90 Å². The molecule has 8 heteroatoms. The summed E-state index contributed by atoms with van der Waals surface area (Å²) < 4.78 is 5.84. The zero-order valence-corrected chi connectivity index (χ0v) is 19.0. The summed E-state index contributed by atoms with van der Waals surface area (Å²) in [4.78, 5) is 38.6. The Morgan fingerprint density at radius 2 is 1.70 bits per heavy atom. The van der Waals surface area contributed by atoms with Crippen molar-refractivity contribution < 1.29 is 19.1 Å². The molecule has 3 aromatic rings. The SMILES string of the molecule is Cc1ccc(COc2cccc(/C=C3/C(=O)NC(=O)N(c4ccc(Cl)c(Cl)c4)C3=O)c2)cc1. The summed E-state index contributed by atoms with van der Waals surface area (Å²) >= 11 is 11.9. The highest BCUT2D eigenvalue weighted by molar-refractivity contribution is 6.43. The molecule has 0 atom stereocenters. The van der Waals surface area contributed by atoms with Crippen molar-refractivity contribution in [1.82, 2.24) is 5.32 Å². The first-order valence-electron chi connectivity index (χ1n) is 9.97. The van der Waals surface area contributed by atoms with Gasteiger partial charge in [-0.2, -0.15) is 0 Å². The van der Waals surface area contributed by atoms with Crippen LogP contribution in [0.3, 0.4) is 0 Å². The molecule has 3 aromatic carbocycles. The molecule has 0 radical (unpaired) electrons. The van der Waals surface area contributed by atoms with Gasteiger partial charge >= 0.3 is 6.03 Å². The number of hydrogen-bond donors (Lipinski definition) is 1. The van der Waals surface area contributed by atoms with E-state index in [1.165, 1.54) is 24.3 Å². The minimum atomic E-state index is -0.865. The molecule has 4 rings (SSSR count). The molecule has 1 heterocycles. The average molecular weight is 481 g/mol. The Morgan fingerprint density at radius 1 is 0.939 bits per heavy atom. The number of barbiturate groups is 1. The Kier molecular flexibility index (Phi) is 6.49. The molecular weight excluding hydrogens is 463 g/mol. The van der Waals surface area contributed by atoms with Crippen molar-refractivity contribution in [1.29, 1.82) is 0 Å². The largest absolute Gasteiger partial charge is 0.489 e. The first-order valence-corrected chi connectivity index (χ1v) is 10.7. The van der Waals surface area contributed by atoms with Crippen LogP contribution in [0.4, 0.5) is 10.5 Å². The lowest BCUT2D eigenvalue weighted by Gasteiger charge is -2.26. The molecule has 1 N–H and O–H groups in total. The topological polar surface area (TPSA) is 75.7 Å². The first kappa shape index (κ1) is 22.6. The van der Waals surface area contributed by atoms with Crippen LogP contribution in [0.2, 0.25) is 10.0 Å². The van der Waals surface area contributed by atoms with Crippen LogP contribution in [0.15, 0.2) is 72.3 Å². The Labute approximate surface area is 200 Å². The zero-order chi connectivity index (χ0) is 23.5. The smallest absolute Gasteiger partial charge is 0.335 e. The second kappa shape index (κ2) is 9.48. The maximum atomic E-state index is 13.0. The van der Waals surface area contributed by atoms with Crippen LogP contribution in [0, 0.1) is 6.92 Å². The Bertz CT molecular complexity index is 1290. The van der Waals surface area contributed by atoms with Crippen molar-refractivity contribution in [3.63, 3.8) is 0 Å². The van der Waals surface area contributed by atoms with Crippen molar-refractivity contribution in [3.8, 4) is 5.75 Å². The Balaban J connectivity index is 1.58. The molecule has 6 nitrogen and oxygen atoms in total. The predicted octanol–water partition coefficient (Wildman–Crippen LogP) is 5.55. The van der Waals surface area contributed by atoms with E-state index in [9.17, 15) is 14.4 Å². The summed E-state index contributed by atoms with van der Waals surface area (Å²) in [5, 5.41) is 2.63. The van der Waals surface area contributed by atoms with Crippen LogP contribution in [0.25, 0.3) is 6.08 Å². The molecule has 0 saturated carbocycles. The minimum absolute atomic E-state index is 0.177. The molecule has 166 valence electrons. The third kappa shape index (κ3) is 5.08. The van der Waals surface area contributed by atoms with Crippen molar-refractivity contribution in [2.45, 2.75) is 13.5 Å². The van der Waals surface area contributed by atoms with Gasteiger partial charge in [-0.05, 0) is 54.5 Å². The third-order valence-corrected chi connectivity index (χ3v) is 5.70. The van der Waals surface area contributed by atoms with Crippen LogP contribution in [0.1, 0.15) is 16.7 Å². The number of benzene rings is 3. The lowest BCUT2D eigenvalue weighted by Crippen LogP contribution is -2.54. The van der Waals surface area contributed by atoms with Gasteiger partial charge in [0.15, 0.2) is 0 Å². The van der Waals surface area contributed by atoms with Gasteiger partial charge in [-0.1, -0.05) is 65.2 Å². The van der Waals surface area contributed by atoms with Gasteiger partial charge in [0, 0.05) is 0 Å². The lowest BCUT2D eigenvalue weighted by molar-refractivity contribution is -0.122. The summed E-state index contributed by atoms with van der Waals surface area (Å²) in [6.45, 7) is 2.39. The number of imide groups is 2. The lowest BCUT2D eigenvalue weighted by atomic mass is 10.1. The van der Waals surface area contributed by atoms with E-state index in [1.54, 1.807) is 24.3 Å². The Morgan fingerprint density at radius 3 is 2.42 bits per heavy atom. The van der Waals surface area contributed by atoms with Gasteiger partial charge in [0.1, 0.15) is 17.9 Å². The number of ether oxygens (including phenoxy) is 1. The second-order valence-electron chi connectivity index (χ2n) is 7.40. The molecule has 33 heavy (non-hydrogen) atoms. The summed E-state index contributed by atoms with van der Waals surface area (Å²) in [5.74, 6) is -0.980. The summed E-state index contributed by atoms with van der Waals surface area (Å²) in [6.07, 6.45) is 1.41. The molecule has 0 aliphatic carbocycles. The monoisotopic (exact) mass is 480 g/mol. The summed E-state index contributed by atoms with van der Waals surface area (Å²) in [7, 11) is 0. The van der Waals surface area contributed by atoms with Crippen LogP contribution in [0.5, 0.6) is 5.75 Å². The fraction of sp³-hybridized carbons (Fsp3) is 0.0800. The fourth-order valence-electron chi connectivity index (χ4n) is 3.23. The van der Waals surface area contributed by atoms with E-state index in [0.29, 0.717) is 17.9 Å². The molecule has 1 saturated heterocycles. The molecule has 1 aliphatic heterocycles. The normalized spacial score (nSPS) is 15.1. The van der Waals surface area contributed by atoms with Gasteiger partial charge in [-0.15, -0.1) is 0 Å². The zero-order valence-electron chi connectivity index (χ0n) is 17.5. The van der Waals surface area contributed by atoms with E-state index in [-0.39, 0.29) is 21.3 Å².